The highest BCUT2D eigenvalue weighted by Crippen LogP contribution is 2.09. The molecule has 0 fully saturated rings. The van der Waals surface area contributed by atoms with Crippen LogP contribution in [0.1, 0.15) is 41.0 Å². The number of methoxy groups -OCH3 is 1. The molecule has 5 nitrogen and oxygen atoms in total. The maximum Gasteiger partial charge on any atom is 0.328 e. The molecule has 5 heteroatoms. The van der Waals surface area contributed by atoms with Crippen LogP contribution in [0.15, 0.2) is 0 Å². The third-order valence-electron chi connectivity index (χ3n) is 2.55. The zero-order chi connectivity index (χ0) is 14.9. The number of carbonyl (C=O) groups excluding carboxylic acids is 1. The largest absolute Gasteiger partial charge is 0.468 e. The fourth-order valence-corrected chi connectivity index (χ4v) is 1.49. The summed E-state index contributed by atoms with van der Waals surface area (Å²) < 4.78 is 15.9. The summed E-state index contributed by atoms with van der Waals surface area (Å²) in [6, 6.07) is 0. The Hall–Kier alpha value is -0.650. The van der Waals surface area contributed by atoms with E-state index in [1.165, 1.54) is 7.11 Å². The molecule has 0 aliphatic carbocycles. The second kappa shape index (κ2) is 8.51. The van der Waals surface area contributed by atoms with Gasteiger partial charge in [-0.1, -0.05) is 6.92 Å². The minimum absolute atomic E-state index is 0.171. The molecule has 0 aromatic rings. The van der Waals surface area contributed by atoms with E-state index in [4.69, 9.17) is 14.2 Å². The highest BCUT2D eigenvalue weighted by atomic mass is 16.5. The summed E-state index contributed by atoms with van der Waals surface area (Å²) in [5.41, 5.74) is -0.970. The summed E-state index contributed by atoms with van der Waals surface area (Å²) in [7, 11) is 1.39. The summed E-state index contributed by atoms with van der Waals surface area (Å²) in [5, 5.41) is 3.16. The Bertz CT molecular complexity index is 263. The van der Waals surface area contributed by atoms with Crippen LogP contribution >= 0.6 is 0 Å². The summed E-state index contributed by atoms with van der Waals surface area (Å²) in [5.74, 6) is -0.308. The molecule has 0 rings (SSSR count). The smallest absolute Gasteiger partial charge is 0.328 e. The van der Waals surface area contributed by atoms with Gasteiger partial charge in [0.05, 0.1) is 32.5 Å². The van der Waals surface area contributed by atoms with E-state index in [-0.39, 0.29) is 18.2 Å². The van der Waals surface area contributed by atoms with Crippen molar-refractivity contribution in [1.29, 1.82) is 0 Å². The minimum atomic E-state index is -0.799. The number of carbonyl (C=O) groups is 1. The van der Waals surface area contributed by atoms with Crippen molar-refractivity contribution in [3.63, 3.8) is 0 Å². The standard InChI is InChI=1S/C14H29NO4/c1-7-8-15-14(5,12(16)17-6)11-18-9-10-19-13(2,3)4/h15H,7-11H2,1-6H3. The van der Waals surface area contributed by atoms with Crippen molar-refractivity contribution in [3.05, 3.63) is 0 Å². The SMILES string of the molecule is CCCNC(C)(COCCOC(C)(C)C)C(=O)OC. The second-order valence-electron chi connectivity index (χ2n) is 5.76. The van der Waals surface area contributed by atoms with E-state index in [0.717, 1.165) is 13.0 Å². The Morgan fingerprint density at radius 3 is 2.26 bits per heavy atom. The second-order valence-corrected chi connectivity index (χ2v) is 5.76. The number of rotatable bonds is 9. The van der Waals surface area contributed by atoms with Crippen LogP contribution in [0.3, 0.4) is 0 Å². The molecule has 19 heavy (non-hydrogen) atoms. The summed E-state index contributed by atoms with van der Waals surface area (Å²) in [6.07, 6.45) is 0.944. The maximum atomic E-state index is 11.8. The van der Waals surface area contributed by atoms with Crippen LogP contribution < -0.4 is 5.32 Å². The predicted octanol–water partition coefficient (Wildman–Crippen LogP) is 1.75. The molecule has 0 heterocycles. The highest BCUT2D eigenvalue weighted by Gasteiger charge is 2.33. The molecule has 1 N–H and O–H groups in total. The third kappa shape index (κ3) is 8.18. The lowest BCUT2D eigenvalue weighted by Crippen LogP contribution is -2.54. The number of hydrogen-bond donors (Lipinski definition) is 1. The van der Waals surface area contributed by atoms with Gasteiger partial charge < -0.3 is 19.5 Å². The third-order valence-corrected chi connectivity index (χ3v) is 2.55. The molecule has 0 aliphatic rings. The zero-order valence-corrected chi connectivity index (χ0v) is 13.2. The minimum Gasteiger partial charge on any atom is -0.468 e. The quantitative estimate of drug-likeness (QED) is 0.513. The lowest BCUT2D eigenvalue weighted by molar-refractivity contribution is -0.151. The molecule has 0 saturated carbocycles. The Balaban J connectivity index is 4.10. The van der Waals surface area contributed by atoms with Crippen molar-refractivity contribution in [1.82, 2.24) is 5.32 Å². The molecule has 0 bridgehead atoms. The van der Waals surface area contributed by atoms with Crippen molar-refractivity contribution in [2.45, 2.75) is 52.2 Å². The Morgan fingerprint density at radius 1 is 1.16 bits per heavy atom. The van der Waals surface area contributed by atoms with Crippen LogP contribution in [-0.2, 0) is 19.0 Å². The Labute approximate surface area is 117 Å². The van der Waals surface area contributed by atoms with Gasteiger partial charge in [-0.25, -0.2) is 4.79 Å². The summed E-state index contributed by atoms with van der Waals surface area (Å²) >= 11 is 0. The summed E-state index contributed by atoms with van der Waals surface area (Å²) in [6.45, 7) is 11.8. The average Bonchev–Trinajstić information content (AvgIpc) is 2.33. The maximum absolute atomic E-state index is 11.8. The number of esters is 1. The number of nitrogens with one attached hydrogen (secondary N) is 1. The first-order chi connectivity index (χ1) is 8.75. The lowest BCUT2D eigenvalue weighted by Gasteiger charge is -2.28. The van der Waals surface area contributed by atoms with Gasteiger partial charge in [0, 0.05) is 0 Å². The van der Waals surface area contributed by atoms with E-state index in [1.54, 1.807) is 6.92 Å². The van der Waals surface area contributed by atoms with Crippen LogP contribution in [0.4, 0.5) is 0 Å². The van der Waals surface area contributed by atoms with E-state index < -0.39 is 5.54 Å². The molecule has 1 atom stereocenters. The van der Waals surface area contributed by atoms with Crippen LogP contribution in [0.25, 0.3) is 0 Å². The fraction of sp³-hybridized carbons (Fsp3) is 0.929. The first-order valence-electron chi connectivity index (χ1n) is 6.80. The van der Waals surface area contributed by atoms with Crippen LogP contribution in [0.2, 0.25) is 0 Å². The van der Waals surface area contributed by atoms with E-state index in [2.05, 4.69) is 5.32 Å². The van der Waals surface area contributed by atoms with E-state index >= 15 is 0 Å². The van der Waals surface area contributed by atoms with Gasteiger partial charge in [-0.2, -0.15) is 0 Å². The first-order valence-corrected chi connectivity index (χ1v) is 6.80. The molecular formula is C14H29NO4. The molecule has 114 valence electrons. The van der Waals surface area contributed by atoms with Gasteiger partial charge in [-0.05, 0) is 40.7 Å². The Morgan fingerprint density at radius 2 is 1.79 bits per heavy atom. The first kappa shape index (κ1) is 18.4. The van der Waals surface area contributed by atoms with Gasteiger partial charge in [-0.15, -0.1) is 0 Å². The van der Waals surface area contributed by atoms with Crippen molar-refractivity contribution in [2.75, 3.05) is 33.5 Å². The zero-order valence-electron chi connectivity index (χ0n) is 13.2. The molecule has 0 radical (unpaired) electrons. The molecule has 0 saturated heterocycles. The van der Waals surface area contributed by atoms with E-state index in [1.807, 2.05) is 27.7 Å². The van der Waals surface area contributed by atoms with Crippen LogP contribution in [0.5, 0.6) is 0 Å². The Kier molecular flexibility index (Phi) is 8.22. The van der Waals surface area contributed by atoms with Crippen molar-refractivity contribution in [3.8, 4) is 0 Å². The topological polar surface area (TPSA) is 56.8 Å². The van der Waals surface area contributed by atoms with Crippen molar-refractivity contribution < 1.29 is 19.0 Å². The highest BCUT2D eigenvalue weighted by molar-refractivity contribution is 5.80. The van der Waals surface area contributed by atoms with Crippen molar-refractivity contribution >= 4 is 5.97 Å². The molecular weight excluding hydrogens is 246 g/mol. The average molecular weight is 275 g/mol. The van der Waals surface area contributed by atoms with Gasteiger partial charge in [0.1, 0.15) is 5.54 Å². The fourth-order valence-electron chi connectivity index (χ4n) is 1.49. The van der Waals surface area contributed by atoms with E-state index in [9.17, 15) is 4.79 Å². The number of ether oxygens (including phenoxy) is 3. The van der Waals surface area contributed by atoms with Crippen LogP contribution in [0, 0.1) is 0 Å². The summed E-state index contributed by atoms with van der Waals surface area (Å²) in [4.78, 5) is 11.8. The molecule has 0 aliphatic heterocycles. The molecule has 0 amide bonds. The van der Waals surface area contributed by atoms with Crippen molar-refractivity contribution in [2.24, 2.45) is 0 Å². The van der Waals surface area contributed by atoms with Gasteiger partial charge in [0.15, 0.2) is 0 Å². The predicted molar refractivity (Wildman–Crippen MR) is 75.2 cm³/mol. The molecule has 1 unspecified atom stereocenters. The van der Waals surface area contributed by atoms with Gasteiger partial charge in [0.25, 0.3) is 0 Å². The van der Waals surface area contributed by atoms with E-state index in [0.29, 0.717) is 13.2 Å². The molecule has 0 aromatic heterocycles. The van der Waals surface area contributed by atoms with Gasteiger partial charge in [0.2, 0.25) is 0 Å². The van der Waals surface area contributed by atoms with Gasteiger partial charge >= 0.3 is 5.97 Å². The van der Waals surface area contributed by atoms with Crippen LogP contribution in [-0.4, -0.2) is 50.6 Å². The molecule has 0 spiro atoms. The lowest BCUT2D eigenvalue weighted by atomic mass is 10.0. The monoisotopic (exact) mass is 275 g/mol. The normalized spacial score (nSPS) is 15.1. The van der Waals surface area contributed by atoms with Gasteiger partial charge in [-0.3, -0.25) is 0 Å². The molecule has 0 aromatic carbocycles. The number of hydrogen-bond acceptors (Lipinski definition) is 5.